The molecule has 2 atom stereocenters. The topological polar surface area (TPSA) is 89.3 Å². The summed E-state index contributed by atoms with van der Waals surface area (Å²) in [5, 5.41) is 2.81. The third-order valence-electron chi connectivity index (χ3n) is 3.76. The molecule has 1 aromatic carbocycles. The first-order chi connectivity index (χ1) is 9.15. The van der Waals surface area contributed by atoms with Gasteiger partial charge in [0, 0.05) is 0 Å². The lowest BCUT2D eigenvalue weighted by Crippen LogP contribution is -2.56. The maximum absolute atomic E-state index is 12.4. The largest absolute Gasteiger partial charge is 0.348 e. The first-order valence-electron chi connectivity index (χ1n) is 6.52. The number of benzene rings is 1. The Morgan fingerprint density at radius 2 is 1.95 bits per heavy atom. The fourth-order valence-electron chi connectivity index (χ4n) is 2.43. The minimum absolute atomic E-state index is 0.0311. The number of carbonyl (C=O) groups is 1. The van der Waals surface area contributed by atoms with Gasteiger partial charge in [-0.05, 0) is 25.8 Å². The average molecular weight is 296 g/mol. The van der Waals surface area contributed by atoms with E-state index < -0.39 is 20.9 Å². The van der Waals surface area contributed by atoms with Crippen LogP contribution in [0.5, 0.6) is 0 Å². The van der Waals surface area contributed by atoms with E-state index in [1.54, 1.807) is 26.0 Å². The Morgan fingerprint density at radius 3 is 2.45 bits per heavy atom. The van der Waals surface area contributed by atoms with Gasteiger partial charge in [-0.1, -0.05) is 30.3 Å². The van der Waals surface area contributed by atoms with Crippen molar-refractivity contribution in [3.05, 3.63) is 35.9 Å². The van der Waals surface area contributed by atoms with E-state index in [9.17, 15) is 13.2 Å². The molecule has 0 aromatic heterocycles. The lowest BCUT2D eigenvalue weighted by atomic mass is 9.90. The highest BCUT2D eigenvalue weighted by Crippen LogP contribution is 2.25. The maximum Gasteiger partial charge on any atom is 0.244 e. The van der Waals surface area contributed by atoms with Crippen molar-refractivity contribution in [3.63, 3.8) is 0 Å². The van der Waals surface area contributed by atoms with Crippen LogP contribution >= 0.6 is 0 Å². The van der Waals surface area contributed by atoms with Crippen LogP contribution in [-0.2, 0) is 20.2 Å². The lowest BCUT2D eigenvalue weighted by molar-refractivity contribution is -0.127. The minimum Gasteiger partial charge on any atom is -0.348 e. The average Bonchev–Trinajstić information content (AvgIpc) is 2.64. The van der Waals surface area contributed by atoms with Gasteiger partial charge in [0.2, 0.25) is 5.91 Å². The number of nitrogens with two attached hydrogens (primary N) is 1. The van der Waals surface area contributed by atoms with Gasteiger partial charge >= 0.3 is 0 Å². The predicted molar refractivity (Wildman–Crippen MR) is 77.8 cm³/mol. The smallest absolute Gasteiger partial charge is 0.244 e. The molecule has 3 N–H and O–H groups in total. The van der Waals surface area contributed by atoms with Gasteiger partial charge in [0.05, 0.1) is 17.0 Å². The van der Waals surface area contributed by atoms with E-state index in [0.29, 0.717) is 12.0 Å². The summed E-state index contributed by atoms with van der Waals surface area (Å²) >= 11 is 0. The second-order valence-electron chi connectivity index (χ2n) is 5.93. The maximum atomic E-state index is 12.4. The number of sulfone groups is 1. The highest BCUT2D eigenvalue weighted by molar-refractivity contribution is 7.91. The Morgan fingerprint density at radius 1 is 1.35 bits per heavy atom. The van der Waals surface area contributed by atoms with Crippen LogP contribution in [0.3, 0.4) is 0 Å². The van der Waals surface area contributed by atoms with Crippen molar-refractivity contribution in [2.24, 2.45) is 5.73 Å². The van der Waals surface area contributed by atoms with E-state index >= 15 is 0 Å². The molecule has 2 rings (SSSR count). The Labute approximate surface area is 119 Å². The van der Waals surface area contributed by atoms with E-state index in [-0.39, 0.29) is 17.4 Å². The summed E-state index contributed by atoms with van der Waals surface area (Å²) in [6, 6.07) is 9.05. The molecule has 1 aromatic rings. The number of hydrogen-bond acceptors (Lipinski definition) is 4. The molecule has 0 saturated carbocycles. The molecule has 0 aliphatic carbocycles. The quantitative estimate of drug-likeness (QED) is 0.852. The summed E-state index contributed by atoms with van der Waals surface area (Å²) in [5.74, 6) is -0.282. The Hall–Kier alpha value is -1.40. The van der Waals surface area contributed by atoms with Crippen LogP contribution in [0.4, 0.5) is 0 Å². The number of nitrogens with one attached hydrogen (secondary N) is 1. The van der Waals surface area contributed by atoms with Crippen molar-refractivity contribution >= 4 is 15.7 Å². The first-order valence-corrected chi connectivity index (χ1v) is 8.34. The number of carbonyl (C=O) groups excluding carboxylic acids is 1. The van der Waals surface area contributed by atoms with Gasteiger partial charge in [0.25, 0.3) is 0 Å². The Kier molecular flexibility index (Phi) is 3.64. The normalized spacial score (nSPS) is 27.8. The van der Waals surface area contributed by atoms with Crippen molar-refractivity contribution in [1.29, 1.82) is 0 Å². The minimum atomic E-state index is -3.07. The summed E-state index contributed by atoms with van der Waals surface area (Å²) in [6.45, 7) is 3.38. The molecule has 6 heteroatoms. The number of hydrogen-bond donors (Lipinski definition) is 2. The van der Waals surface area contributed by atoms with Crippen LogP contribution in [0.1, 0.15) is 25.8 Å². The van der Waals surface area contributed by atoms with Crippen LogP contribution in [0.2, 0.25) is 0 Å². The van der Waals surface area contributed by atoms with Crippen LogP contribution in [-0.4, -0.2) is 31.4 Å². The molecule has 1 saturated heterocycles. The van der Waals surface area contributed by atoms with E-state index in [1.807, 2.05) is 18.2 Å². The molecule has 20 heavy (non-hydrogen) atoms. The SMILES string of the molecule is CC1(NC(=O)C(C)(N)c2ccccc2)CCS(=O)(=O)C1. The van der Waals surface area contributed by atoms with Crippen molar-refractivity contribution in [2.45, 2.75) is 31.3 Å². The molecule has 1 amide bonds. The van der Waals surface area contributed by atoms with Crippen LogP contribution in [0, 0.1) is 0 Å². The van der Waals surface area contributed by atoms with Crippen molar-refractivity contribution < 1.29 is 13.2 Å². The van der Waals surface area contributed by atoms with Crippen molar-refractivity contribution in [2.75, 3.05) is 11.5 Å². The lowest BCUT2D eigenvalue weighted by Gasteiger charge is -2.31. The highest BCUT2D eigenvalue weighted by Gasteiger charge is 2.42. The van der Waals surface area contributed by atoms with Crippen LogP contribution in [0.25, 0.3) is 0 Å². The first kappa shape index (κ1) is 15.0. The molecule has 1 heterocycles. The third kappa shape index (κ3) is 3.02. The van der Waals surface area contributed by atoms with Gasteiger partial charge in [-0.3, -0.25) is 4.79 Å². The van der Waals surface area contributed by atoms with Crippen LogP contribution in [0.15, 0.2) is 30.3 Å². The highest BCUT2D eigenvalue weighted by atomic mass is 32.2. The van der Waals surface area contributed by atoms with Gasteiger partial charge in [-0.2, -0.15) is 0 Å². The van der Waals surface area contributed by atoms with Gasteiger partial charge in [-0.25, -0.2) is 8.42 Å². The van der Waals surface area contributed by atoms with E-state index in [1.165, 1.54) is 0 Å². The molecule has 1 aliphatic heterocycles. The molecule has 5 nitrogen and oxygen atoms in total. The monoisotopic (exact) mass is 296 g/mol. The van der Waals surface area contributed by atoms with E-state index in [2.05, 4.69) is 5.32 Å². The zero-order valence-corrected chi connectivity index (χ0v) is 12.5. The number of amides is 1. The second kappa shape index (κ2) is 4.86. The molecular weight excluding hydrogens is 276 g/mol. The van der Waals surface area contributed by atoms with Gasteiger partial charge < -0.3 is 11.1 Å². The summed E-state index contributed by atoms with van der Waals surface area (Å²) in [4.78, 5) is 12.4. The standard InChI is InChI=1S/C14H20N2O3S/c1-13(8-9-20(18,19)10-13)16-12(17)14(2,15)11-6-4-3-5-7-11/h3-7H,8-10,15H2,1-2H3,(H,16,17). The second-order valence-corrected chi connectivity index (χ2v) is 8.11. The van der Waals surface area contributed by atoms with Gasteiger partial charge in [0.15, 0.2) is 9.84 Å². The molecule has 1 aliphatic rings. The third-order valence-corrected chi connectivity index (χ3v) is 5.67. The summed E-state index contributed by atoms with van der Waals surface area (Å²) in [5.41, 5.74) is 4.91. The fourth-order valence-corrected chi connectivity index (χ4v) is 4.52. The Bertz CT molecular complexity index is 611. The number of rotatable bonds is 3. The van der Waals surface area contributed by atoms with Crippen LogP contribution < -0.4 is 11.1 Å². The molecule has 0 spiro atoms. The predicted octanol–water partition coefficient (Wildman–Crippen LogP) is 0.554. The van der Waals surface area contributed by atoms with Gasteiger partial charge in [-0.15, -0.1) is 0 Å². The van der Waals surface area contributed by atoms with Crippen molar-refractivity contribution in [1.82, 2.24) is 5.32 Å². The van der Waals surface area contributed by atoms with E-state index in [0.717, 1.165) is 0 Å². The van der Waals surface area contributed by atoms with Gasteiger partial charge in [0.1, 0.15) is 5.54 Å². The summed E-state index contributed by atoms with van der Waals surface area (Å²) in [7, 11) is -3.07. The molecule has 0 bridgehead atoms. The molecule has 0 radical (unpaired) electrons. The zero-order chi connectivity index (χ0) is 15.0. The molecule has 1 fully saturated rings. The fraction of sp³-hybridized carbons (Fsp3) is 0.500. The summed E-state index contributed by atoms with van der Waals surface area (Å²) < 4.78 is 23.1. The zero-order valence-electron chi connectivity index (χ0n) is 11.7. The molecule has 110 valence electrons. The van der Waals surface area contributed by atoms with E-state index in [4.69, 9.17) is 5.73 Å². The Balaban J connectivity index is 2.17. The molecular formula is C14H20N2O3S. The van der Waals surface area contributed by atoms with Crippen molar-refractivity contribution in [3.8, 4) is 0 Å². The molecule has 2 unspecified atom stereocenters. The summed E-state index contributed by atoms with van der Waals surface area (Å²) in [6.07, 6.45) is 0.423.